The van der Waals surface area contributed by atoms with Crippen LogP contribution >= 0.6 is 0 Å². The molecule has 1 aliphatic rings. The van der Waals surface area contributed by atoms with Gasteiger partial charge in [-0.05, 0) is 62.2 Å². The van der Waals surface area contributed by atoms with Crippen molar-refractivity contribution in [1.82, 2.24) is 24.7 Å². The number of nitrogens with zero attached hydrogens (tertiary/aromatic N) is 7. The first-order chi connectivity index (χ1) is 15.7. The maximum Gasteiger partial charge on any atom is 0.227 e. The van der Waals surface area contributed by atoms with Gasteiger partial charge < -0.3 is 10.2 Å². The van der Waals surface area contributed by atoms with Crippen LogP contribution in [-0.4, -0.2) is 37.8 Å². The molecule has 2 aromatic heterocycles. The van der Waals surface area contributed by atoms with Crippen LogP contribution < -0.4 is 10.2 Å². The molecule has 0 atom stereocenters. The van der Waals surface area contributed by atoms with Crippen molar-refractivity contribution < 1.29 is 0 Å². The lowest BCUT2D eigenvalue weighted by Crippen LogP contribution is -2.18. The number of aromatic nitrogens is 5. The third-order valence-corrected chi connectivity index (χ3v) is 5.51. The Balaban J connectivity index is 1.38. The average molecular weight is 422 g/mol. The van der Waals surface area contributed by atoms with Crippen LogP contribution in [0.4, 0.5) is 17.3 Å². The van der Waals surface area contributed by atoms with E-state index < -0.39 is 0 Å². The van der Waals surface area contributed by atoms with Gasteiger partial charge >= 0.3 is 0 Å². The van der Waals surface area contributed by atoms with Crippen LogP contribution in [0.2, 0.25) is 0 Å². The molecule has 1 N–H and O–H groups in total. The fourth-order valence-corrected chi connectivity index (χ4v) is 3.88. The number of hydrogen-bond donors (Lipinski definition) is 1. The van der Waals surface area contributed by atoms with Gasteiger partial charge in [0, 0.05) is 30.5 Å². The van der Waals surface area contributed by atoms with Crippen molar-refractivity contribution >= 4 is 17.3 Å². The lowest BCUT2D eigenvalue weighted by atomic mass is 10.1. The fourth-order valence-electron chi connectivity index (χ4n) is 3.88. The SMILES string of the molecule is Cc1ncn(-c2ccc(Nc3nccc(-c4ccc(C#N)c(N5CCCC5)c4)n3)cc2)n1. The smallest absolute Gasteiger partial charge is 0.227 e. The highest BCUT2D eigenvalue weighted by Gasteiger charge is 2.17. The van der Waals surface area contributed by atoms with Crippen molar-refractivity contribution in [2.24, 2.45) is 0 Å². The van der Waals surface area contributed by atoms with E-state index in [9.17, 15) is 5.26 Å². The second-order valence-corrected chi connectivity index (χ2v) is 7.71. The number of aryl methyl sites for hydroxylation is 1. The molecule has 8 heteroatoms. The Morgan fingerprint density at radius 3 is 2.53 bits per heavy atom. The minimum Gasteiger partial charge on any atom is -0.370 e. The molecular weight excluding hydrogens is 400 g/mol. The van der Waals surface area contributed by atoms with Crippen molar-refractivity contribution in [2.75, 3.05) is 23.3 Å². The number of anilines is 3. The highest BCUT2D eigenvalue weighted by Crippen LogP contribution is 2.30. The Bertz CT molecular complexity index is 1280. The van der Waals surface area contributed by atoms with E-state index in [0.29, 0.717) is 11.5 Å². The summed E-state index contributed by atoms with van der Waals surface area (Å²) in [7, 11) is 0. The normalized spacial score (nSPS) is 13.2. The van der Waals surface area contributed by atoms with Gasteiger partial charge in [-0.2, -0.15) is 10.4 Å². The van der Waals surface area contributed by atoms with Crippen molar-refractivity contribution in [3.05, 3.63) is 72.4 Å². The second kappa shape index (κ2) is 8.47. The van der Waals surface area contributed by atoms with Gasteiger partial charge in [-0.1, -0.05) is 6.07 Å². The Kier molecular flexibility index (Phi) is 5.22. The van der Waals surface area contributed by atoms with Gasteiger partial charge in [-0.3, -0.25) is 0 Å². The summed E-state index contributed by atoms with van der Waals surface area (Å²) in [5, 5.41) is 17.1. The number of nitrogens with one attached hydrogen (secondary N) is 1. The van der Waals surface area contributed by atoms with Crippen molar-refractivity contribution in [2.45, 2.75) is 19.8 Å². The molecule has 0 unspecified atom stereocenters. The second-order valence-electron chi connectivity index (χ2n) is 7.71. The summed E-state index contributed by atoms with van der Waals surface area (Å²) in [6.07, 6.45) is 5.75. The molecule has 5 rings (SSSR count). The maximum atomic E-state index is 9.52. The van der Waals surface area contributed by atoms with Gasteiger partial charge in [0.15, 0.2) is 0 Å². The average Bonchev–Trinajstić information content (AvgIpc) is 3.52. The Labute approximate surface area is 186 Å². The molecule has 4 aromatic rings. The van der Waals surface area contributed by atoms with Crippen LogP contribution in [0.15, 0.2) is 61.1 Å². The Morgan fingerprint density at radius 2 is 1.81 bits per heavy atom. The molecule has 3 heterocycles. The van der Waals surface area contributed by atoms with E-state index in [1.165, 1.54) is 0 Å². The molecule has 0 amide bonds. The summed E-state index contributed by atoms with van der Waals surface area (Å²) in [5.41, 5.74) is 5.26. The molecule has 0 saturated carbocycles. The van der Waals surface area contributed by atoms with Crippen LogP contribution in [0.25, 0.3) is 16.9 Å². The van der Waals surface area contributed by atoms with E-state index in [1.54, 1.807) is 17.2 Å². The largest absolute Gasteiger partial charge is 0.370 e. The molecule has 0 radical (unpaired) electrons. The monoisotopic (exact) mass is 422 g/mol. The molecule has 1 saturated heterocycles. The predicted octanol–water partition coefficient (Wildman–Crippen LogP) is 4.25. The summed E-state index contributed by atoms with van der Waals surface area (Å²) in [6.45, 7) is 3.83. The summed E-state index contributed by atoms with van der Waals surface area (Å²) in [4.78, 5) is 15.5. The van der Waals surface area contributed by atoms with E-state index in [-0.39, 0.29) is 0 Å². The molecule has 1 fully saturated rings. The minimum atomic E-state index is 0.513. The molecule has 2 aromatic carbocycles. The van der Waals surface area contributed by atoms with Crippen LogP contribution in [0.3, 0.4) is 0 Å². The zero-order valence-corrected chi connectivity index (χ0v) is 17.7. The zero-order chi connectivity index (χ0) is 21.9. The lowest BCUT2D eigenvalue weighted by Gasteiger charge is -2.20. The third kappa shape index (κ3) is 4.01. The molecule has 0 aliphatic carbocycles. The van der Waals surface area contributed by atoms with E-state index in [4.69, 9.17) is 4.98 Å². The predicted molar refractivity (Wildman–Crippen MR) is 123 cm³/mol. The summed E-state index contributed by atoms with van der Waals surface area (Å²) in [6, 6.07) is 17.9. The maximum absolute atomic E-state index is 9.52. The van der Waals surface area contributed by atoms with E-state index >= 15 is 0 Å². The zero-order valence-electron chi connectivity index (χ0n) is 17.7. The number of benzene rings is 2. The fraction of sp³-hybridized carbons (Fsp3) is 0.208. The van der Waals surface area contributed by atoms with Gasteiger partial charge in [-0.25, -0.2) is 19.6 Å². The van der Waals surface area contributed by atoms with Crippen molar-refractivity contribution in [1.29, 1.82) is 5.26 Å². The van der Waals surface area contributed by atoms with Crippen molar-refractivity contribution in [3.63, 3.8) is 0 Å². The number of nitriles is 1. The quantitative estimate of drug-likeness (QED) is 0.514. The van der Waals surface area contributed by atoms with Crippen LogP contribution in [0, 0.1) is 18.3 Å². The first-order valence-electron chi connectivity index (χ1n) is 10.6. The van der Waals surface area contributed by atoms with Gasteiger partial charge in [0.1, 0.15) is 18.2 Å². The van der Waals surface area contributed by atoms with Crippen LogP contribution in [0.5, 0.6) is 0 Å². The molecule has 1 aliphatic heterocycles. The molecule has 8 nitrogen and oxygen atoms in total. The van der Waals surface area contributed by atoms with Gasteiger partial charge in [0.25, 0.3) is 0 Å². The van der Waals surface area contributed by atoms with Gasteiger partial charge in [-0.15, -0.1) is 0 Å². The topological polar surface area (TPSA) is 95.5 Å². The van der Waals surface area contributed by atoms with E-state index in [0.717, 1.165) is 60.1 Å². The first kappa shape index (κ1) is 19.7. The highest BCUT2D eigenvalue weighted by atomic mass is 15.3. The Morgan fingerprint density at radius 1 is 1.00 bits per heavy atom. The van der Waals surface area contributed by atoms with E-state index in [2.05, 4.69) is 37.4 Å². The van der Waals surface area contributed by atoms with E-state index in [1.807, 2.05) is 49.4 Å². The van der Waals surface area contributed by atoms with Crippen LogP contribution in [0.1, 0.15) is 24.2 Å². The first-order valence-corrected chi connectivity index (χ1v) is 10.6. The van der Waals surface area contributed by atoms with Gasteiger partial charge in [0.05, 0.1) is 22.6 Å². The standard InChI is InChI=1S/C24H22N8/c1-17-27-16-32(30-17)21-8-6-20(7-9-21)28-24-26-11-10-22(29-24)18-4-5-19(15-25)23(14-18)31-12-2-3-13-31/h4-11,14,16H,2-3,12-13H2,1H3,(H,26,28,29). The Hall–Kier alpha value is -4.25. The lowest BCUT2D eigenvalue weighted by molar-refractivity contribution is 0.863. The third-order valence-electron chi connectivity index (χ3n) is 5.51. The van der Waals surface area contributed by atoms with Gasteiger partial charge in [0.2, 0.25) is 5.95 Å². The number of rotatable bonds is 5. The van der Waals surface area contributed by atoms with Crippen molar-refractivity contribution in [3.8, 4) is 23.0 Å². The summed E-state index contributed by atoms with van der Waals surface area (Å²) >= 11 is 0. The minimum absolute atomic E-state index is 0.513. The summed E-state index contributed by atoms with van der Waals surface area (Å²) in [5.74, 6) is 1.24. The summed E-state index contributed by atoms with van der Waals surface area (Å²) < 4.78 is 1.74. The highest BCUT2D eigenvalue weighted by molar-refractivity contribution is 5.71. The molecule has 0 bridgehead atoms. The molecule has 0 spiro atoms. The molecule has 158 valence electrons. The van der Waals surface area contributed by atoms with Crippen LogP contribution in [-0.2, 0) is 0 Å². The molecular formula is C24H22N8. The molecule has 32 heavy (non-hydrogen) atoms. The number of hydrogen-bond acceptors (Lipinski definition) is 7.